The minimum Gasteiger partial charge on any atom is -0.497 e. The van der Waals surface area contributed by atoms with Crippen LogP contribution in [0.4, 0.5) is 0 Å². The van der Waals surface area contributed by atoms with E-state index in [0.717, 1.165) is 28.3 Å². The molecular weight excluding hydrogens is 396 g/mol. The number of ether oxygens (including phenoxy) is 3. The van der Waals surface area contributed by atoms with Gasteiger partial charge in [0.25, 0.3) is 5.89 Å². The molecule has 4 aromatic rings. The first-order valence-electron chi connectivity index (χ1n) is 10.1. The first kappa shape index (κ1) is 19.3. The van der Waals surface area contributed by atoms with Crippen LogP contribution in [0.15, 0.2) is 59.1 Å². The average molecular weight is 418 g/mol. The van der Waals surface area contributed by atoms with Crippen molar-refractivity contribution in [3.8, 4) is 34.5 Å². The largest absolute Gasteiger partial charge is 0.497 e. The number of hydrogen-bond acceptors (Lipinski definition) is 7. The summed E-state index contributed by atoms with van der Waals surface area (Å²) in [5.41, 5.74) is 3.51. The average Bonchev–Trinajstić information content (AvgIpc) is 3.46. The zero-order chi connectivity index (χ0) is 21.2. The van der Waals surface area contributed by atoms with Gasteiger partial charge in [-0.05, 0) is 42.8 Å². The van der Waals surface area contributed by atoms with Crippen molar-refractivity contribution in [3.05, 3.63) is 65.9 Å². The maximum atomic E-state index is 6.04. The molecule has 31 heavy (non-hydrogen) atoms. The first-order chi connectivity index (χ1) is 15.2. The fourth-order valence-electron chi connectivity index (χ4n) is 3.59. The number of fused-ring (bicyclic) bond motifs is 1. The highest BCUT2D eigenvalue weighted by Crippen LogP contribution is 2.30. The van der Waals surface area contributed by atoms with Crippen molar-refractivity contribution in [2.75, 3.05) is 13.7 Å². The van der Waals surface area contributed by atoms with Gasteiger partial charge in [0.1, 0.15) is 17.6 Å². The lowest BCUT2D eigenvalue weighted by molar-refractivity contribution is -0.00115. The maximum Gasteiger partial charge on any atom is 0.278 e. The predicted molar refractivity (Wildman–Crippen MR) is 113 cm³/mol. The molecule has 2 aromatic carbocycles. The molecule has 0 spiro atoms. The molecule has 1 atom stereocenters. The minimum atomic E-state index is -0.0780. The first-order valence-corrected chi connectivity index (χ1v) is 10.1. The van der Waals surface area contributed by atoms with Gasteiger partial charge in [-0.15, -0.1) is 0 Å². The lowest BCUT2D eigenvalue weighted by Gasteiger charge is -2.24. The highest BCUT2D eigenvalue weighted by Gasteiger charge is 2.24. The summed E-state index contributed by atoms with van der Waals surface area (Å²) < 4.78 is 24.2. The maximum absolute atomic E-state index is 6.04. The Morgan fingerprint density at radius 3 is 2.77 bits per heavy atom. The van der Waals surface area contributed by atoms with Crippen LogP contribution in [0.2, 0.25) is 0 Å². The van der Waals surface area contributed by atoms with E-state index in [1.54, 1.807) is 7.11 Å². The number of rotatable bonds is 6. The van der Waals surface area contributed by atoms with E-state index < -0.39 is 0 Å². The molecule has 1 aliphatic heterocycles. The zero-order valence-corrected chi connectivity index (χ0v) is 17.3. The standard InChI is InChI=1S/C23H22N4O4/c1-3-29-19-6-4-5-16(11-19)22-24-23(31-26-22)20-12-17-14-30-21(13-27(17)25-20)15-7-9-18(28-2)10-8-15/h4-12,21H,3,13-14H2,1-2H3. The van der Waals surface area contributed by atoms with Crippen molar-refractivity contribution in [1.29, 1.82) is 0 Å². The highest BCUT2D eigenvalue weighted by atomic mass is 16.5. The molecule has 0 radical (unpaired) electrons. The molecule has 5 rings (SSSR count). The quantitative estimate of drug-likeness (QED) is 0.462. The van der Waals surface area contributed by atoms with Crippen LogP contribution in [-0.2, 0) is 17.9 Å². The van der Waals surface area contributed by atoms with Crippen molar-refractivity contribution in [1.82, 2.24) is 19.9 Å². The Bertz CT molecular complexity index is 1180. The van der Waals surface area contributed by atoms with Gasteiger partial charge in [0.2, 0.25) is 5.82 Å². The van der Waals surface area contributed by atoms with Gasteiger partial charge in [-0.2, -0.15) is 10.1 Å². The summed E-state index contributed by atoms with van der Waals surface area (Å²) in [4.78, 5) is 4.53. The number of benzene rings is 2. The second kappa shape index (κ2) is 8.23. The summed E-state index contributed by atoms with van der Waals surface area (Å²) in [5.74, 6) is 2.46. The van der Waals surface area contributed by atoms with Gasteiger partial charge in [-0.3, -0.25) is 4.68 Å². The van der Waals surface area contributed by atoms with E-state index in [2.05, 4.69) is 15.2 Å². The number of nitrogens with zero attached hydrogens (tertiary/aromatic N) is 4. The Hall–Kier alpha value is -3.65. The number of methoxy groups -OCH3 is 1. The molecule has 1 aliphatic rings. The molecule has 8 heteroatoms. The molecule has 0 saturated heterocycles. The summed E-state index contributed by atoms with van der Waals surface area (Å²) in [6.45, 7) is 3.61. The van der Waals surface area contributed by atoms with Crippen molar-refractivity contribution in [3.63, 3.8) is 0 Å². The Labute approximate surface area is 179 Å². The summed E-state index contributed by atoms with van der Waals surface area (Å²) >= 11 is 0. The van der Waals surface area contributed by atoms with E-state index >= 15 is 0 Å². The van der Waals surface area contributed by atoms with E-state index in [-0.39, 0.29) is 6.10 Å². The van der Waals surface area contributed by atoms with Gasteiger partial charge < -0.3 is 18.7 Å². The van der Waals surface area contributed by atoms with Crippen LogP contribution in [-0.4, -0.2) is 33.6 Å². The monoisotopic (exact) mass is 418 g/mol. The molecule has 1 unspecified atom stereocenters. The third kappa shape index (κ3) is 3.89. The van der Waals surface area contributed by atoms with Gasteiger partial charge >= 0.3 is 0 Å². The minimum absolute atomic E-state index is 0.0780. The summed E-state index contributed by atoms with van der Waals surface area (Å²) in [6.07, 6.45) is -0.0780. The van der Waals surface area contributed by atoms with Crippen LogP contribution in [0.3, 0.4) is 0 Å². The highest BCUT2D eigenvalue weighted by molar-refractivity contribution is 5.59. The second-order valence-corrected chi connectivity index (χ2v) is 7.16. The second-order valence-electron chi connectivity index (χ2n) is 7.16. The fourth-order valence-corrected chi connectivity index (χ4v) is 3.59. The van der Waals surface area contributed by atoms with Crippen LogP contribution in [0.5, 0.6) is 11.5 Å². The SMILES string of the molecule is CCOc1cccc(-c2noc(-c3cc4n(n3)CC(c3ccc(OC)cc3)OC4)n2)c1. The molecule has 0 fully saturated rings. The topological polar surface area (TPSA) is 84.4 Å². The van der Waals surface area contributed by atoms with E-state index in [1.165, 1.54) is 0 Å². The Balaban J connectivity index is 1.36. The summed E-state index contributed by atoms with van der Waals surface area (Å²) in [6, 6.07) is 17.4. The van der Waals surface area contributed by atoms with Crippen molar-refractivity contribution in [2.24, 2.45) is 0 Å². The van der Waals surface area contributed by atoms with Crippen molar-refractivity contribution < 1.29 is 18.7 Å². The molecule has 0 amide bonds. The summed E-state index contributed by atoms with van der Waals surface area (Å²) in [7, 11) is 1.66. The van der Waals surface area contributed by atoms with Gasteiger partial charge in [0.15, 0.2) is 5.69 Å². The smallest absolute Gasteiger partial charge is 0.278 e. The normalized spacial score (nSPS) is 15.5. The van der Waals surface area contributed by atoms with Crippen molar-refractivity contribution in [2.45, 2.75) is 26.2 Å². The van der Waals surface area contributed by atoms with Gasteiger partial charge in [-0.25, -0.2) is 0 Å². The van der Waals surface area contributed by atoms with Crippen LogP contribution in [0, 0.1) is 0 Å². The molecule has 0 bridgehead atoms. The van der Waals surface area contributed by atoms with E-state index in [0.29, 0.717) is 37.2 Å². The molecule has 0 saturated carbocycles. The third-order valence-electron chi connectivity index (χ3n) is 5.17. The molecule has 0 N–H and O–H groups in total. The Kier molecular flexibility index (Phi) is 5.13. The lowest BCUT2D eigenvalue weighted by atomic mass is 10.1. The molecule has 2 aromatic heterocycles. The molecular formula is C23H22N4O4. The molecule has 3 heterocycles. The molecule has 0 aliphatic carbocycles. The predicted octanol–water partition coefficient (Wildman–Crippen LogP) is 4.28. The summed E-state index contributed by atoms with van der Waals surface area (Å²) in [5, 5.41) is 8.79. The number of hydrogen-bond donors (Lipinski definition) is 0. The van der Waals surface area contributed by atoms with Gasteiger partial charge in [-0.1, -0.05) is 29.4 Å². The fraction of sp³-hybridized carbons (Fsp3) is 0.261. The van der Waals surface area contributed by atoms with Crippen LogP contribution in [0.25, 0.3) is 23.0 Å². The van der Waals surface area contributed by atoms with Crippen molar-refractivity contribution >= 4 is 0 Å². The van der Waals surface area contributed by atoms with E-state index in [1.807, 2.05) is 66.2 Å². The Morgan fingerprint density at radius 1 is 1.10 bits per heavy atom. The van der Waals surface area contributed by atoms with Crippen LogP contribution in [0.1, 0.15) is 24.3 Å². The van der Waals surface area contributed by atoms with Crippen LogP contribution < -0.4 is 9.47 Å². The van der Waals surface area contributed by atoms with E-state index in [4.69, 9.17) is 18.7 Å². The molecule has 8 nitrogen and oxygen atoms in total. The number of aromatic nitrogens is 4. The Morgan fingerprint density at radius 2 is 1.97 bits per heavy atom. The van der Waals surface area contributed by atoms with Gasteiger partial charge in [0.05, 0.1) is 32.6 Å². The van der Waals surface area contributed by atoms with Gasteiger partial charge in [0, 0.05) is 5.56 Å². The van der Waals surface area contributed by atoms with Crippen LogP contribution >= 0.6 is 0 Å². The lowest BCUT2D eigenvalue weighted by Crippen LogP contribution is -2.21. The third-order valence-corrected chi connectivity index (χ3v) is 5.17. The zero-order valence-electron chi connectivity index (χ0n) is 17.3. The molecule has 158 valence electrons. The van der Waals surface area contributed by atoms with E-state index in [9.17, 15) is 0 Å².